The fourth-order valence-electron chi connectivity index (χ4n) is 4.16. The summed E-state index contributed by atoms with van der Waals surface area (Å²) in [6, 6.07) is 4.96. The molecule has 1 saturated heterocycles. The molecular weight excluding hydrogens is 313 g/mol. The number of halogens is 2. The smallest absolute Gasteiger partial charge is 0.310 e. The molecule has 0 aromatic heterocycles. The maximum Gasteiger partial charge on any atom is 0.310 e. The largest absolute Gasteiger partial charge is 0.462 e. The number of ether oxygens (including phenoxy) is 1. The van der Waals surface area contributed by atoms with E-state index in [1.165, 1.54) is 0 Å². The van der Waals surface area contributed by atoms with Crippen molar-refractivity contribution in [2.75, 3.05) is 5.32 Å². The van der Waals surface area contributed by atoms with Crippen molar-refractivity contribution in [1.82, 2.24) is 0 Å². The van der Waals surface area contributed by atoms with Crippen LogP contribution in [0, 0.1) is 23.7 Å². The number of hydrogen-bond acceptors (Lipinski definition) is 3. The Morgan fingerprint density at radius 1 is 1.24 bits per heavy atom. The van der Waals surface area contributed by atoms with Crippen LogP contribution in [0.2, 0.25) is 10.0 Å². The van der Waals surface area contributed by atoms with Gasteiger partial charge in [-0.1, -0.05) is 23.2 Å². The van der Waals surface area contributed by atoms with Crippen LogP contribution in [0.3, 0.4) is 0 Å². The summed E-state index contributed by atoms with van der Waals surface area (Å²) in [4.78, 5) is 24.5. The summed E-state index contributed by atoms with van der Waals surface area (Å²) in [6.45, 7) is 0. The van der Waals surface area contributed by atoms with Crippen molar-refractivity contribution in [3.63, 3.8) is 0 Å². The van der Waals surface area contributed by atoms with Crippen molar-refractivity contribution >= 4 is 40.8 Å². The summed E-state index contributed by atoms with van der Waals surface area (Å²) in [5, 5.41) is 3.68. The van der Waals surface area contributed by atoms with E-state index < -0.39 is 0 Å². The Kier molecular flexibility index (Phi) is 2.95. The van der Waals surface area contributed by atoms with E-state index in [4.69, 9.17) is 27.9 Å². The van der Waals surface area contributed by atoms with Gasteiger partial charge < -0.3 is 10.1 Å². The normalized spacial score (nSPS) is 35.9. The number of anilines is 1. The van der Waals surface area contributed by atoms with E-state index in [-0.39, 0.29) is 41.7 Å². The lowest BCUT2D eigenvalue weighted by Crippen LogP contribution is -2.35. The van der Waals surface area contributed by atoms with E-state index in [2.05, 4.69) is 5.32 Å². The highest BCUT2D eigenvalue weighted by molar-refractivity contribution is 6.42. The van der Waals surface area contributed by atoms with Gasteiger partial charge in [0.1, 0.15) is 6.10 Å². The number of esters is 1. The highest BCUT2D eigenvalue weighted by atomic mass is 35.5. The monoisotopic (exact) mass is 325 g/mol. The molecule has 1 aliphatic heterocycles. The lowest BCUT2D eigenvalue weighted by Gasteiger charge is -2.23. The molecule has 1 aromatic rings. The van der Waals surface area contributed by atoms with Crippen LogP contribution in [0.1, 0.15) is 12.8 Å². The number of nitrogens with one attached hydrogen (secondary N) is 1. The van der Waals surface area contributed by atoms with Gasteiger partial charge >= 0.3 is 5.97 Å². The topological polar surface area (TPSA) is 55.4 Å². The lowest BCUT2D eigenvalue weighted by atomic mass is 9.79. The molecule has 2 bridgehead atoms. The Hall–Kier alpha value is -1.26. The number of benzene rings is 1. The standard InChI is InChI=1S/C15H13Cl2NO3/c16-9-2-1-7(5-10(9)17)18-14(19)12-6-3-8-11(4-6)21-15(20)13(8)12/h1-2,5-6,8,11-13H,3-4H2,(H,18,19)/t6-,8+,11-,12+,13+/m1/s1. The number of amides is 1. The molecule has 4 nitrogen and oxygen atoms in total. The molecule has 6 heteroatoms. The van der Waals surface area contributed by atoms with Crippen LogP contribution in [0.15, 0.2) is 18.2 Å². The van der Waals surface area contributed by atoms with Gasteiger partial charge in [-0.25, -0.2) is 0 Å². The second-order valence-electron chi connectivity index (χ2n) is 6.04. The third kappa shape index (κ3) is 1.96. The summed E-state index contributed by atoms with van der Waals surface area (Å²) < 4.78 is 5.35. The van der Waals surface area contributed by atoms with Crippen molar-refractivity contribution in [1.29, 1.82) is 0 Å². The summed E-state index contributed by atoms with van der Waals surface area (Å²) in [5.74, 6) is -0.402. The van der Waals surface area contributed by atoms with Crippen LogP contribution >= 0.6 is 23.2 Å². The molecule has 1 N–H and O–H groups in total. The number of rotatable bonds is 2. The molecule has 2 aliphatic carbocycles. The third-order valence-electron chi connectivity index (χ3n) is 4.97. The molecule has 1 aromatic carbocycles. The molecule has 3 fully saturated rings. The molecule has 1 amide bonds. The second kappa shape index (κ2) is 4.62. The van der Waals surface area contributed by atoms with Crippen molar-refractivity contribution in [2.24, 2.45) is 23.7 Å². The zero-order valence-electron chi connectivity index (χ0n) is 11.0. The summed E-state index contributed by atoms with van der Waals surface area (Å²) in [5.41, 5.74) is 0.597. The minimum Gasteiger partial charge on any atom is -0.462 e. The quantitative estimate of drug-likeness (QED) is 0.850. The van der Waals surface area contributed by atoms with E-state index in [1.807, 2.05) is 0 Å². The van der Waals surface area contributed by atoms with Gasteiger partial charge in [0.25, 0.3) is 0 Å². The zero-order chi connectivity index (χ0) is 14.7. The molecule has 2 saturated carbocycles. The van der Waals surface area contributed by atoms with E-state index in [9.17, 15) is 9.59 Å². The lowest BCUT2D eigenvalue weighted by molar-refractivity contribution is -0.145. The number of hydrogen-bond donors (Lipinski definition) is 1. The first kappa shape index (κ1) is 13.4. The second-order valence-corrected chi connectivity index (χ2v) is 6.85. The molecule has 110 valence electrons. The fraction of sp³-hybridized carbons (Fsp3) is 0.467. The maximum atomic E-state index is 12.5. The van der Waals surface area contributed by atoms with Crippen LogP contribution in [0.4, 0.5) is 5.69 Å². The molecule has 1 heterocycles. The average Bonchev–Trinajstić information content (AvgIpc) is 3.04. The van der Waals surface area contributed by atoms with Crippen LogP contribution in [0.25, 0.3) is 0 Å². The summed E-state index contributed by atoms with van der Waals surface area (Å²) >= 11 is 11.8. The van der Waals surface area contributed by atoms with Crippen LogP contribution in [-0.2, 0) is 14.3 Å². The van der Waals surface area contributed by atoms with Gasteiger partial charge in [-0.15, -0.1) is 0 Å². The Labute approximate surface area is 131 Å². The van der Waals surface area contributed by atoms with Gasteiger partial charge in [-0.05, 0) is 37.0 Å². The molecule has 0 unspecified atom stereocenters. The molecule has 0 radical (unpaired) electrons. The van der Waals surface area contributed by atoms with E-state index in [0.717, 1.165) is 12.8 Å². The van der Waals surface area contributed by atoms with E-state index in [0.29, 0.717) is 15.7 Å². The Morgan fingerprint density at radius 2 is 2.05 bits per heavy atom. The highest BCUT2D eigenvalue weighted by Crippen LogP contribution is 2.57. The van der Waals surface area contributed by atoms with Crippen LogP contribution < -0.4 is 5.32 Å². The number of carbonyl (C=O) groups excluding carboxylic acids is 2. The average molecular weight is 326 g/mol. The zero-order valence-corrected chi connectivity index (χ0v) is 12.5. The van der Waals surface area contributed by atoms with Gasteiger partial charge in [0.05, 0.1) is 21.9 Å². The van der Waals surface area contributed by atoms with Crippen molar-refractivity contribution in [3.05, 3.63) is 28.2 Å². The van der Waals surface area contributed by atoms with Gasteiger partial charge in [0, 0.05) is 11.6 Å². The van der Waals surface area contributed by atoms with Crippen molar-refractivity contribution in [3.8, 4) is 0 Å². The van der Waals surface area contributed by atoms with E-state index in [1.54, 1.807) is 18.2 Å². The SMILES string of the molecule is O=C(Nc1ccc(Cl)c(Cl)c1)[C@H]1[C@@H]2C[C@@H]3[C@@H]1C(=O)O[C@@H]3C2. The minimum absolute atomic E-state index is 0.0431. The highest BCUT2D eigenvalue weighted by Gasteiger charge is 2.63. The van der Waals surface area contributed by atoms with Crippen molar-refractivity contribution in [2.45, 2.75) is 18.9 Å². The molecule has 3 aliphatic rings. The van der Waals surface area contributed by atoms with Gasteiger partial charge in [0.15, 0.2) is 0 Å². The fourth-order valence-corrected chi connectivity index (χ4v) is 4.46. The molecule has 4 rings (SSSR count). The number of fused-ring (bicyclic) bond motifs is 1. The van der Waals surface area contributed by atoms with Crippen molar-refractivity contribution < 1.29 is 14.3 Å². The Morgan fingerprint density at radius 3 is 2.81 bits per heavy atom. The Balaban J connectivity index is 1.55. The van der Waals surface area contributed by atoms with Gasteiger partial charge in [-0.3, -0.25) is 9.59 Å². The first-order chi connectivity index (χ1) is 10.0. The number of carbonyl (C=O) groups is 2. The first-order valence-corrected chi connectivity index (χ1v) is 7.76. The van der Waals surface area contributed by atoms with Crippen LogP contribution in [-0.4, -0.2) is 18.0 Å². The van der Waals surface area contributed by atoms with E-state index >= 15 is 0 Å². The van der Waals surface area contributed by atoms with Crippen LogP contribution in [0.5, 0.6) is 0 Å². The maximum absolute atomic E-state index is 12.5. The predicted octanol–water partition coefficient (Wildman–Crippen LogP) is 3.13. The first-order valence-electron chi connectivity index (χ1n) is 7.01. The minimum atomic E-state index is -0.282. The molecule has 21 heavy (non-hydrogen) atoms. The summed E-state index contributed by atoms with van der Waals surface area (Å²) in [6.07, 6.45) is 1.77. The molecule has 5 atom stereocenters. The molecular formula is C15H13Cl2NO3. The third-order valence-corrected chi connectivity index (χ3v) is 5.71. The van der Waals surface area contributed by atoms with Gasteiger partial charge in [0.2, 0.25) is 5.91 Å². The predicted molar refractivity (Wildman–Crippen MR) is 78.2 cm³/mol. The molecule has 0 spiro atoms. The Bertz CT molecular complexity index is 646. The van der Waals surface area contributed by atoms with Gasteiger partial charge in [-0.2, -0.15) is 0 Å². The summed E-state index contributed by atoms with van der Waals surface area (Å²) in [7, 11) is 0.